The number of nitro groups is 1. The van der Waals surface area contributed by atoms with Crippen LogP contribution in [0.3, 0.4) is 0 Å². The highest BCUT2D eigenvalue weighted by atomic mass is 16.7. The van der Waals surface area contributed by atoms with Crippen molar-refractivity contribution in [2.24, 2.45) is 0 Å². The third-order valence-electron chi connectivity index (χ3n) is 3.30. The number of hydroxylamine groups is 2. The van der Waals surface area contributed by atoms with E-state index in [2.05, 4.69) is 4.98 Å². The van der Waals surface area contributed by atoms with Crippen LogP contribution in [0.2, 0.25) is 0 Å². The lowest BCUT2D eigenvalue weighted by Gasteiger charge is -2.11. The standard InChI is InChI=1S/C9H6N2O3.C6H13NO/c12-8-4-3-7(11(13)14)6-2-1-5-10-9(6)8;1-2-8-7-5-3-4-6-7/h1-5,12H;2-6H2,1H3. The molecule has 0 unspecified atom stereocenters. The highest BCUT2D eigenvalue weighted by Crippen LogP contribution is 2.29. The molecule has 2 heterocycles. The summed E-state index contributed by atoms with van der Waals surface area (Å²) in [6.45, 7) is 5.11. The van der Waals surface area contributed by atoms with Crippen LogP contribution in [-0.2, 0) is 4.84 Å². The van der Waals surface area contributed by atoms with Crippen molar-refractivity contribution in [2.75, 3.05) is 19.7 Å². The number of nitrogens with zero attached hydrogens (tertiary/aromatic N) is 3. The van der Waals surface area contributed by atoms with E-state index >= 15 is 0 Å². The zero-order valence-corrected chi connectivity index (χ0v) is 12.4. The lowest BCUT2D eigenvalue weighted by atomic mass is 10.2. The second-order valence-corrected chi connectivity index (χ2v) is 4.81. The van der Waals surface area contributed by atoms with Gasteiger partial charge in [0.25, 0.3) is 5.69 Å². The quantitative estimate of drug-likeness (QED) is 0.693. The molecule has 0 spiro atoms. The minimum absolute atomic E-state index is 0.0498. The Labute approximate surface area is 128 Å². The number of phenols is 1. The van der Waals surface area contributed by atoms with Gasteiger partial charge in [-0.1, -0.05) is 0 Å². The maximum atomic E-state index is 10.6. The molecular formula is C15H19N3O4. The van der Waals surface area contributed by atoms with E-state index in [1.165, 1.54) is 31.2 Å². The molecule has 0 saturated carbocycles. The molecule has 0 amide bonds. The van der Waals surface area contributed by atoms with E-state index in [4.69, 9.17) is 4.84 Å². The van der Waals surface area contributed by atoms with Crippen molar-refractivity contribution >= 4 is 16.6 Å². The van der Waals surface area contributed by atoms with Gasteiger partial charge in [0, 0.05) is 25.4 Å². The van der Waals surface area contributed by atoms with Crippen LogP contribution >= 0.6 is 0 Å². The molecule has 1 aliphatic rings. The third kappa shape index (κ3) is 3.90. The number of phenolic OH excluding ortho intramolecular Hbond substituents is 1. The minimum Gasteiger partial charge on any atom is -0.506 e. The molecule has 7 heteroatoms. The van der Waals surface area contributed by atoms with Gasteiger partial charge in [-0.25, -0.2) is 0 Å². The monoisotopic (exact) mass is 305 g/mol. The maximum absolute atomic E-state index is 10.6. The van der Waals surface area contributed by atoms with Gasteiger partial charge in [0.15, 0.2) is 0 Å². The molecule has 1 aliphatic heterocycles. The van der Waals surface area contributed by atoms with E-state index in [1.54, 1.807) is 12.1 Å². The largest absolute Gasteiger partial charge is 0.506 e. The van der Waals surface area contributed by atoms with Crippen molar-refractivity contribution in [2.45, 2.75) is 19.8 Å². The minimum atomic E-state index is -0.497. The van der Waals surface area contributed by atoms with Crippen LogP contribution in [0.5, 0.6) is 5.75 Å². The summed E-state index contributed by atoms with van der Waals surface area (Å²) < 4.78 is 0. The van der Waals surface area contributed by atoms with E-state index in [0.29, 0.717) is 5.39 Å². The molecule has 0 aliphatic carbocycles. The zero-order chi connectivity index (χ0) is 15.9. The molecule has 1 aromatic heterocycles. The lowest BCUT2D eigenvalue weighted by molar-refractivity contribution is -0.383. The van der Waals surface area contributed by atoms with Crippen LogP contribution in [-0.4, -0.2) is 39.8 Å². The first-order chi connectivity index (χ1) is 10.6. The van der Waals surface area contributed by atoms with Crippen molar-refractivity contribution in [1.29, 1.82) is 0 Å². The summed E-state index contributed by atoms with van der Waals surface area (Å²) in [6, 6.07) is 5.68. The van der Waals surface area contributed by atoms with Crippen LogP contribution in [0, 0.1) is 10.1 Å². The van der Waals surface area contributed by atoms with Gasteiger partial charge in [-0.2, -0.15) is 5.06 Å². The second-order valence-electron chi connectivity index (χ2n) is 4.81. The molecule has 3 rings (SSSR count). The number of nitro benzene ring substituents is 1. The van der Waals surface area contributed by atoms with Gasteiger partial charge in [-0.3, -0.25) is 19.9 Å². The molecule has 7 nitrogen and oxygen atoms in total. The summed E-state index contributed by atoms with van der Waals surface area (Å²) in [6.07, 6.45) is 4.09. The first-order valence-corrected chi connectivity index (χ1v) is 7.22. The van der Waals surface area contributed by atoms with Gasteiger partial charge in [0.2, 0.25) is 0 Å². The van der Waals surface area contributed by atoms with Crippen molar-refractivity contribution in [3.05, 3.63) is 40.6 Å². The van der Waals surface area contributed by atoms with Crippen LogP contribution in [0.4, 0.5) is 5.69 Å². The first kappa shape index (κ1) is 16.1. The average molecular weight is 305 g/mol. The fourth-order valence-electron chi connectivity index (χ4n) is 2.30. The Morgan fingerprint density at radius 2 is 2.09 bits per heavy atom. The molecule has 1 aromatic carbocycles. The first-order valence-electron chi connectivity index (χ1n) is 7.22. The van der Waals surface area contributed by atoms with Crippen molar-refractivity contribution in [1.82, 2.24) is 10.0 Å². The fraction of sp³-hybridized carbons (Fsp3) is 0.400. The van der Waals surface area contributed by atoms with Crippen molar-refractivity contribution in [3.63, 3.8) is 0 Å². The van der Waals surface area contributed by atoms with Gasteiger partial charge >= 0.3 is 0 Å². The molecule has 0 radical (unpaired) electrons. The number of pyridine rings is 1. The van der Waals surface area contributed by atoms with E-state index in [-0.39, 0.29) is 17.0 Å². The maximum Gasteiger partial charge on any atom is 0.279 e. The summed E-state index contributed by atoms with van der Waals surface area (Å²) in [7, 11) is 0. The predicted molar refractivity (Wildman–Crippen MR) is 82.5 cm³/mol. The summed E-state index contributed by atoms with van der Waals surface area (Å²) in [5.41, 5.74) is 0.201. The van der Waals surface area contributed by atoms with E-state index < -0.39 is 4.92 Å². The Bertz CT molecular complexity index is 642. The number of fused-ring (bicyclic) bond motifs is 1. The van der Waals surface area contributed by atoms with Gasteiger partial charge in [-0.15, -0.1) is 0 Å². The molecule has 118 valence electrons. The number of hydrogen-bond donors (Lipinski definition) is 1. The number of hydrogen-bond acceptors (Lipinski definition) is 6. The molecule has 0 bridgehead atoms. The number of aromatic hydroxyl groups is 1. The smallest absolute Gasteiger partial charge is 0.279 e. The molecule has 1 fully saturated rings. The van der Waals surface area contributed by atoms with Crippen molar-refractivity contribution < 1.29 is 14.9 Å². The molecule has 1 N–H and O–H groups in total. The Balaban J connectivity index is 0.000000188. The topological polar surface area (TPSA) is 88.7 Å². The van der Waals surface area contributed by atoms with Crippen LogP contribution in [0.1, 0.15) is 19.8 Å². The molecule has 22 heavy (non-hydrogen) atoms. The van der Waals surface area contributed by atoms with Gasteiger partial charge in [-0.05, 0) is 38.0 Å². The molecule has 2 aromatic rings. The Morgan fingerprint density at radius 3 is 2.73 bits per heavy atom. The van der Waals surface area contributed by atoms with E-state index in [1.807, 2.05) is 12.0 Å². The lowest BCUT2D eigenvalue weighted by Crippen LogP contribution is -2.19. The highest BCUT2D eigenvalue weighted by Gasteiger charge is 2.13. The van der Waals surface area contributed by atoms with Crippen LogP contribution < -0.4 is 0 Å². The van der Waals surface area contributed by atoms with Crippen molar-refractivity contribution in [3.8, 4) is 5.75 Å². The third-order valence-corrected chi connectivity index (χ3v) is 3.30. The van der Waals surface area contributed by atoms with E-state index in [9.17, 15) is 15.2 Å². The Kier molecular flexibility index (Phi) is 5.62. The Morgan fingerprint density at radius 1 is 1.36 bits per heavy atom. The summed E-state index contributed by atoms with van der Waals surface area (Å²) in [5, 5.41) is 22.4. The number of rotatable bonds is 3. The summed E-state index contributed by atoms with van der Waals surface area (Å²) >= 11 is 0. The van der Waals surface area contributed by atoms with Crippen LogP contribution in [0.15, 0.2) is 30.5 Å². The van der Waals surface area contributed by atoms with Crippen LogP contribution in [0.25, 0.3) is 10.9 Å². The molecule has 0 atom stereocenters. The number of aromatic nitrogens is 1. The van der Waals surface area contributed by atoms with E-state index in [0.717, 1.165) is 19.7 Å². The fourth-order valence-corrected chi connectivity index (χ4v) is 2.30. The van der Waals surface area contributed by atoms with Gasteiger partial charge in [0.05, 0.1) is 16.9 Å². The highest BCUT2D eigenvalue weighted by molar-refractivity contribution is 5.91. The second kappa shape index (κ2) is 7.67. The average Bonchev–Trinajstić information content (AvgIpc) is 3.02. The summed E-state index contributed by atoms with van der Waals surface area (Å²) in [5.74, 6) is -0.0498. The Hall–Kier alpha value is -2.25. The normalized spacial score (nSPS) is 14.6. The SMILES string of the molecule is CCON1CCCC1.O=[N+]([O-])c1ccc(O)c2ncccc12. The summed E-state index contributed by atoms with van der Waals surface area (Å²) in [4.78, 5) is 19.2. The van der Waals surface area contributed by atoms with Gasteiger partial charge in [0.1, 0.15) is 11.3 Å². The predicted octanol–water partition coefficient (Wildman–Crippen LogP) is 2.88. The zero-order valence-electron chi connectivity index (χ0n) is 12.4. The van der Waals surface area contributed by atoms with Gasteiger partial charge < -0.3 is 5.11 Å². The molecule has 1 saturated heterocycles. The molecular weight excluding hydrogens is 286 g/mol. The number of benzene rings is 1. The number of non-ortho nitro benzene ring substituents is 1.